The van der Waals surface area contributed by atoms with Gasteiger partial charge in [0, 0.05) is 25.4 Å². The fourth-order valence-corrected chi connectivity index (χ4v) is 2.00. The van der Waals surface area contributed by atoms with Crippen molar-refractivity contribution in [3.05, 3.63) is 41.8 Å². The van der Waals surface area contributed by atoms with E-state index < -0.39 is 0 Å². The molecule has 0 spiro atoms. The van der Waals surface area contributed by atoms with Crippen LogP contribution in [0.3, 0.4) is 0 Å². The lowest BCUT2D eigenvalue weighted by molar-refractivity contribution is 0.619. The normalized spacial score (nSPS) is 10.8. The summed E-state index contributed by atoms with van der Waals surface area (Å²) in [5, 5.41) is 7.46. The smallest absolute Gasteiger partial charge is 0.123 e. The number of benzene rings is 1. The van der Waals surface area contributed by atoms with Gasteiger partial charge >= 0.3 is 0 Å². The Hall–Kier alpha value is -1.68. The maximum absolute atomic E-state index is 13.3. The molecular formula is C14H18FN3. The highest BCUT2D eigenvalue weighted by Crippen LogP contribution is 2.23. The maximum atomic E-state index is 13.3. The molecule has 2 rings (SSSR count). The zero-order chi connectivity index (χ0) is 13.0. The molecule has 0 radical (unpaired) electrons. The monoisotopic (exact) mass is 247 g/mol. The van der Waals surface area contributed by atoms with E-state index in [-0.39, 0.29) is 5.82 Å². The molecule has 3 nitrogen and oxygen atoms in total. The zero-order valence-electron chi connectivity index (χ0n) is 10.8. The largest absolute Gasteiger partial charge is 0.313 e. The number of rotatable bonds is 5. The fourth-order valence-electron chi connectivity index (χ4n) is 2.00. The van der Waals surface area contributed by atoms with E-state index in [1.807, 2.05) is 19.2 Å². The van der Waals surface area contributed by atoms with E-state index in [9.17, 15) is 4.39 Å². The van der Waals surface area contributed by atoms with E-state index in [0.717, 1.165) is 29.8 Å². The van der Waals surface area contributed by atoms with Crippen molar-refractivity contribution in [3.8, 4) is 11.3 Å². The summed E-state index contributed by atoms with van der Waals surface area (Å²) in [6, 6.07) is 6.84. The second-order valence-electron chi connectivity index (χ2n) is 4.32. The van der Waals surface area contributed by atoms with Crippen LogP contribution in [0.4, 0.5) is 4.39 Å². The summed E-state index contributed by atoms with van der Waals surface area (Å²) in [5.74, 6) is -0.200. The van der Waals surface area contributed by atoms with Crippen molar-refractivity contribution in [1.82, 2.24) is 15.1 Å². The lowest BCUT2D eigenvalue weighted by Crippen LogP contribution is -2.15. The van der Waals surface area contributed by atoms with Gasteiger partial charge in [-0.15, -0.1) is 0 Å². The summed E-state index contributed by atoms with van der Waals surface area (Å²) in [4.78, 5) is 0. The molecule has 4 heteroatoms. The molecule has 0 fully saturated rings. The Morgan fingerprint density at radius 3 is 2.83 bits per heavy atom. The average molecular weight is 247 g/mol. The SMILES string of the molecule is CCCNCc1cc(F)ccc1-c1ccnn1C. The summed E-state index contributed by atoms with van der Waals surface area (Å²) in [6.07, 6.45) is 2.82. The molecule has 18 heavy (non-hydrogen) atoms. The van der Waals surface area contributed by atoms with Crippen LogP contribution in [-0.2, 0) is 13.6 Å². The second kappa shape index (κ2) is 5.78. The third-order valence-corrected chi connectivity index (χ3v) is 2.91. The Morgan fingerprint density at radius 2 is 2.17 bits per heavy atom. The van der Waals surface area contributed by atoms with Gasteiger partial charge in [0.2, 0.25) is 0 Å². The van der Waals surface area contributed by atoms with Crippen molar-refractivity contribution in [1.29, 1.82) is 0 Å². The second-order valence-corrected chi connectivity index (χ2v) is 4.32. The molecule has 0 aliphatic rings. The topological polar surface area (TPSA) is 29.9 Å². The number of aromatic nitrogens is 2. The molecule has 1 aromatic carbocycles. The lowest BCUT2D eigenvalue weighted by atomic mass is 10.0. The van der Waals surface area contributed by atoms with Crippen molar-refractivity contribution >= 4 is 0 Å². The molecule has 0 aliphatic carbocycles. The third kappa shape index (κ3) is 2.76. The summed E-state index contributed by atoms with van der Waals surface area (Å²) in [6.45, 7) is 3.72. The number of hydrogen-bond donors (Lipinski definition) is 1. The van der Waals surface area contributed by atoms with Gasteiger partial charge < -0.3 is 5.32 Å². The summed E-state index contributed by atoms with van der Waals surface area (Å²) in [7, 11) is 1.89. The quantitative estimate of drug-likeness (QED) is 0.823. The van der Waals surface area contributed by atoms with E-state index in [0.29, 0.717) is 6.54 Å². The van der Waals surface area contributed by atoms with Crippen molar-refractivity contribution in [2.45, 2.75) is 19.9 Å². The first kappa shape index (κ1) is 12.8. The summed E-state index contributed by atoms with van der Waals surface area (Å²) >= 11 is 0. The first-order chi connectivity index (χ1) is 8.72. The van der Waals surface area contributed by atoms with Gasteiger partial charge in [-0.1, -0.05) is 6.92 Å². The van der Waals surface area contributed by atoms with Gasteiger partial charge in [0.25, 0.3) is 0 Å². The van der Waals surface area contributed by atoms with Gasteiger partial charge in [-0.2, -0.15) is 5.10 Å². The van der Waals surface area contributed by atoms with Crippen LogP contribution in [0.15, 0.2) is 30.5 Å². The van der Waals surface area contributed by atoms with E-state index in [1.165, 1.54) is 6.07 Å². The van der Waals surface area contributed by atoms with Gasteiger partial charge in [0.1, 0.15) is 5.82 Å². The molecule has 0 aliphatic heterocycles. The van der Waals surface area contributed by atoms with Gasteiger partial charge in [-0.3, -0.25) is 4.68 Å². The maximum Gasteiger partial charge on any atom is 0.123 e. The molecule has 0 saturated carbocycles. The molecule has 0 saturated heterocycles. The number of nitrogens with zero attached hydrogens (tertiary/aromatic N) is 2. The van der Waals surface area contributed by atoms with Gasteiger partial charge in [-0.05, 0) is 42.8 Å². The van der Waals surface area contributed by atoms with E-state index in [4.69, 9.17) is 0 Å². The molecule has 0 amide bonds. The van der Waals surface area contributed by atoms with Crippen LogP contribution in [0.25, 0.3) is 11.3 Å². The van der Waals surface area contributed by atoms with Crippen LogP contribution in [0.5, 0.6) is 0 Å². The molecule has 2 aromatic rings. The number of nitrogens with one attached hydrogen (secondary N) is 1. The van der Waals surface area contributed by atoms with Gasteiger partial charge in [-0.25, -0.2) is 4.39 Å². The zero-order valence-corrected chi connectivity index (χ0v) is 10.8. The summed E-state index contributed by atoms with van der Waals surface area (Å²) in [5.41, 5.74) is 3.00. The minimum atomic E-state index is -0.200. The van der Waals surface area contributed by atoms with Crippen molar-refractivity contribution in [2.24, 2.45) is 7.05 Å². The van der Waals surface area contributed by atoms with Gasteiger partial charge in [0.05, 0.1) is 5.69 Å². The number of halogens is 1. The lowest BCUT2D eigenvalue weighted by Gasteiger charge is -2.11. The van der Waals surface area contributed by atoms with Crippen LogP contribution in [0, 0.1) is 5.82 Å². The molecule has 0 unspecified atom stereocenters. The Kier molecular flexibility index (Phi) is 4.10. The molecule has 1 heterocycles. The highest BCUT2D eigenvalue weighted by Gasteiger charge is 2.09. The Morgan fingerprint density at radius 1 is 1.33 bits per heavy atom. The molecule has 1 N–H and O–H groups in total. The first-order valence-corrected chi connectivity index (χ1v) is 6.20. The average Bonchev–Trinajstić information content (AvgIpc) is 2.76. The molecular weight excluding hydrogens is 229 g/mol. The van der Waals surface area contributed by atoms with Crippen LogP contribution >= 0.6 is 0 Å². The van der Waals surface area contributed by atoms with Crippen molar-refractivity contribution < 1.29 is 4.39 Å². The highest BCUT2D eigenvalue weighted by atomic mass is 19.1. The Bertz CT molecular complexity index is 520. The molecule has 0 atom stereocenters. The van der Waals surface area contributed by atoms with E-state index in [1.54, 1.807) is 16.9 Å². The predicted molar refractivity (Wildman–Crippen MR) is 70.6 cm³/mol. The Balaban J connectivity index is 2.32. The van der Waals surface area contributed by atoms with Crippen LogP contribution in [0.1, 0.15) is 18.9 Å². The first-order valence-electron chi connectivity index (χ1n) is 6.20. The standard InChI is InChI=1S/C14H18FN3/c1-3-7-16-10-11-9-12(15)4-5-13(11)14-6-8-17-18(14)2/h4-6,8-9,16H,3,7,10H2,1-2H3. The number of hydrogen-bond acceptors (Lipinski definition) is 2. The number of aryl methyl sites for hydroxylation is 1. The molecule has 96 valence electrons. The fraction of sp³-hybridized carbons (Fsp3) is 0.357. The van der Waals surface area contributed by atoms with E-state index in [2.05, 4.69) is 17.3 Å². The van der Waals surface area contributed by atoms with Crippen LogP contribution < -0.4 is 5.32 Å². The highest BCUT2D eigenvalue weighted by molar-refractivity contribution is 5.63. The summed E-state index contributed by atoms with van der Waals surface area (Å²) < 4.78 is 15.2. The predicted octanol–water partition coefficient (Wildman–Crippen LogP) is 2.73. The minimum absolute atomic E-state index is 0.200. The third-order valence-electron chi connectivity index (χ3n) is 2.91. The van der Waals surface area contributed by atoms with E-state index >= 15 is 0 Å². The molecule has 0 bridgehead atoms. The van der Waals surface area contributed by atoms with Gasteiger partial charge in [0.15, 0.2) is 0 Å². The van der Waals surface area contributed by atoms with Crippen molar-refractivity contribution in [2.75, 3.05) is 6.54 Å². The minimum Gasteiger partial charge on any atom is -0.313 e. The van der Waals surface area contributed by atoms with Crippen LogP contribution in [-0.4, -0.2) is 16.3 Å². The van der Waals surface area contributed by atoms with Crippen LogP contribution in [0.2, 0.25) is 0 Å². The molecule has 1 aromatic heterocycles. The van der Waals surface area contributed by atoms with Crippen molar-refractivity contribution in [3.63, 3.8) is 0 Å². The Labute approximate surface area is 107 Å².